The molecular weight excluding hydrogens is 376 g/mol. The summed E-state index contributed by atoms with van der Waals surface area (Å²) >= 11 is 6.02. The van der Waals surface area contributed by atoms with Crippen molar-refractivity contribution < 1.29 is 9.53 Å². The molecule has 3 aromatic rings. The summed E-state index contributed by atoms with van der Waals surface area (Å²) in [5.41, 5.74) is 2.69. The summed E-state index contributed by atoms with van der Waals surface area (Å²) in [6, 6.07) is 9.23. The van der Waals surface area contributed by atoms with Gasteiger partial charge in [-0.3, -0.25) is 9.36 Å². The Labute approximate surface area is 167 Å². The van der Waals surface area contributed by atoms with Crippen molar-refractivity contribution in [3.05, 3.63) is 89.1 Å². The molecule has 1 amide bonds. The number of aromatic nitrogens is 3. The Morgan fingerprint density at radius 3 is 3.11 bits per heavy atom. The van der Waals surface area contributed by atoms with E-state index in [-0.39, 0.29) is 5.91 Å². The molecule has 0 fully saturated rings. The number of nitrogens with zero attached hydrogens (tertiary/aromatic N) is 3. The summed E-state index contributed by atoms with van der Waals surface area (Å²) in [4.78, 5) is 20.6. The first kappa shape index (κ1) is 18.0. The van der Waals surface area contributed by atoms with E-state index in [0.29, 0.717) is 18.2 Å². The lowest BCUT2D eigenvalue weighted by Gasteiger charge is -2.16. The maximum absolute atomic E-state index is 12.2. The molecule has 0 unspecified atom stereocenters. The van der Waals surface area contributed by atoms with Crippen LogP contribution in [-0.4, -0.2) is 27.0 Å². The van der Waals surface area contributed by atoms with Crippen LogP contribution < -0.4 is 10.1 Å². The van der Waals surface area contributed by atoms with Crippen LogP contribution in [-0.2, 0) is 11.3 Å². The first-order valence-corrected chi connectivity index (χ1v) is 9.08. The number of pyridine rings is 1. The maximum atomic E-state index is 12.2. The van der Waals surface area contributed by atoms with Gasteiger partial charge in [0.15, 0.2) is 0 Å². The summed E-state index contributed by atoms with van der Waals surface area (Å²) in [6.45, 7) is 0.768. The van der Waals surface area contributed by atoms with Crippen molar-refractivity contribution in [3.8, 4) is 11.6 Å². The highest BCUT2D eigenvalue weighted by atomic mass is 35.5. The van der Waals surface area contributed by atoms with Crippen LogP contribution in [0.1, 0.15) is 11.1 Å². The number of hydrogen-bond donors (Lipinski definition) is 1. The van der Waals surface area contributed by atoms with Gasteiger partial charge in [-0.1, -0.05) is 23.7 Å². The Morgan fingerprint density at radius 1 is 1.32 bits per heavy atom. The molecular formula is C21H17ClN4O2. The van der Waals surface area contributed by atoms with Gasteiger partial charge in [0.05, 0.1) is 0 Å². The first-order valence-electron chi connectivity index (χ1n) is 8.70. The lowest BCUT2D eigenvalue weighted by Crippen LogP contribution is -2.21. The molecule has 0 bridgehead atoms. The second-order valence-electron chi connectivity index (χ2n) is 6.20. The van der Waals surface area contributed by atoms with E-state index in [2.05, 4.69) is 15.3 Å². The monoisotopic (exact) mass is 392 g/mol. The van der Waals surface area contributed by atoms with Crippen molar-refractivity contribution >= 4 is 23.6 Å². The summed E-state index contributed by atoms with van der Waals surface area (Å²) in [6.07, 6.45) is 12.1. The Kier molecular flexibility index (Phi) is 5.21. The van der Waals surface area contributed by atoms with Crippen molar-refractivity contribution in [3.63, 3.8) is 0 Å². The highest BCUT2D eigenvalue weighted by Crippen LogP contribution is 2.29. The molecule has 2 aromatic heterocycles. The number of rotatable bonds is 5. The van der Waals surface area contributed by atoms with Crippen LogP contribution in [0.15, 0.2) is 73.0 Å². The number of benzene rings is 1. The van der Waals surface area contributed by atoms with Crippen LogP contribution in [0.25, 0.3) is 11.9 Å². The van der Waals surface area contributed by atoms with Crippen molar-refractivity contribution in [2.75, 3.05) is 6.61 Å². The molecule has 140 valence electrons. The number of imidazole rings is 1. The molecule has 1 aromatic carbocycles. The molecule has 0 radical (unpaired) electrons. The second-order valence-corrected chi connectivity index (χ2v) is 6.63. The average Bonchev–Trinajstić information content (AvgIpc) is 3.25. The highest BCUT2D eigenvalue weighted by molar-refractivity contribution is 6.30. The molecule has 0 saturated heterocycles. The van der Waals surface area contributed by atoms with E-state index >= 15 is 0 Å². The van der Waals surface area contributed by atoms with Crippen LogP contribution in [0.2, 0.25) is 5.02 Å². The number of ether oxygens (including phenoxy) is 1. The Balaban J connectivity index is 1.41. The first-order chi connectivity index (χ1) is 13.7. The molecule has 0 spiro atoms. The van der Waals surface area contributed by atoms with E-state index in [1.54, 1.807) is 30.9 Å². The Bertz CT molecular complexity index is 1060. The van der Waals surface area contributed by atoms with Crippen LogP contribution >= 0.6 is 11.6 Å². The normalized spacial score (nSPS) is 13.0. The lowest BCUT2D eigenvalue weighted by atomic mass is 10.1. The van der Waals surface area contributed by atoms with E-state index in [4.69, 9.17) is 16.3 Å². The van der Waals surface area contributed by atoms with Crippen LogP contribution in [0, 0.1) is 0 Å². The third kappa shape index (κ3) is 4.13. The van der Waals surface area contributed by atoms with Crippen molar-refractivity contribution in [2.45, 2.75) is 6.54 Å². The second kappa shape index (κ2) is 8.10. The molecule has 4 rings (SSSR count). The van der Waals surface area contributed by atoms with Crippen LogP contribution in [0.5, 0.6) is 5.75 Å². The molecule has 0 saturated carbocycles. The molecule has 7 heteroatoms. The largest absolute Gasteiger partial charge is 0.488 e. The zero-order chi connectivity index (χ0) is 19.3. The quantitative estimate of drug-likeness (QED) is 0.674. The molecule has 1 N–H and O–H groups in total. The summed E-state index contributed by atoms with van der Waals surface area (Å²) in [5, 5.41) is 3.53. The topological polar surface area (TPSA) is 69.0 Å². The predicted molar refractivity (Wildman–Crippen MR) is 107 cm³/mol. The number of fused-ring (bicyclic) bond motifs is 1. The Hall–Kier alpha value is -3.38. The number of halogens is 1. The third-order valence-electron chi connectivity index (χ3n) is 4.23. The highest BCUT2D eigenvalue weighted by Gasteiger charge is 2.11. The van der Waals surface area contributed by atoms with E-state index < -0.39 is 0 Å². The SMILES string of the molecule is O=C(/C=C/C1=Cc2cc(Cl)ccc2OC1)NCc1cccnc1-n1ccnc1. The van der Waals surface area contributed by atoms with Gasteiger partial charge in [0.1, 0.15) is 24.5 Å². The third-order valence-corrected chi connectivity index (χ3v) is 4.46. The van der Waals surface area contributed by atoms with E-state index in [9.17, 15) is 4.79 Å². The fraction of sp³-hybridized carbons (Fsp3) is 0.0952. The van der Waals surface area contributed by atoms with Crippen LogP contribution in [0.3, 0.4) is 0 Å². The summed E-state index contributed by atoms with van der Waals surface area (Å²) in [5.74, 6) is 1.33. The van der Waals surface area contributed by atoms with Gasteiger partial charge in [-0.25, -0.2) is 9.97 Å². The van der Waals surface area contributed by atoms with Crippen LogP contribution in [0.4, 0.5) is 0 Å². The molecule has 0 atom stereocenters. The summed E-state index contributed by atoms with van der Waals surface area (Å²) in [7, 11) is 0. The lowest BCUT2D eigenvalue weighted by molar-refractivity contribution is -0.116. The predicted octanol–water partition coefficient (Wildman–Crippen LogP) is 3.57. The number of amides is 1. The zero-order valence-electron chi connectivity index (χ0n) is 14.9. The molecule has 1 aliphatic heterocycles. The van der Waals surface area contributed by atoms with Gasteiger partial charge in [-0.05, 0) is 35.9 Å². The van der Waals surface area contributed by atoms with Gasteiger partial charge in [0.25, 0.3) is 0 Å². The minimum atomic E-state index is -0.196. The van der Waals surface area contributed by atoms with E-state index in [1.807, 2.05) is 41.1 Å². The maximum Gasteiger partial charge on any atom is 0.244 e. The average molecular weight is 393 g/mol. The van der Waals surface area contributed by atoms with E-state index in [0.717, 1.165) is 28.3 Å². The smallest absolute Gasteiger partial charge is 0.244 e. The van der Waals surface area contributed by atoms with Crippen molar-refractivity contribution in [2.24, 2.45) is 0 Å². The van der Waals surface area contributed by atoms with Crippen molar-refractivity contribution in [1.82, 2.24) is 19.9 Å². The van der Waals surface area contributed by atoms with Gasteiger partial charge < -0.3 is 10.1 Å². The molecule has 0 aliphatic carbocycles. The number of carbonyl (C=O) groups is 1. The van der Waals surface area contributed by atoms with Gasteiger partial charge in [-0.15, -0.1) is 0 Å². The Morgan fingerprint density at radius 2 is 2.25 bits per heavy atom. The fourth-order valence-electron chi connectivity index (χ4n) is 2.87. The molecule has 28 heavy (non-hydrogen) atoms. The number of carbonyl (C=O) groups excluding carboxylic acids is 1. The van der Waals surface area contributed by atoms with E-state index in [1.165, 1.54) is 6.08 Å². The van der Waals surface area contributed by atoms with Crippen molar-refractivity contribution in [1.29, 1.82) is 0 Å². The number of nitrogens with one attached hydrogen (secondary N) is 1. The zero-order valence-corrected chi connectivity index (χ0v) is 15.6. The molecule has 1 aliphatic rings. The minimum absolute atomic E-state index is 0.196. The van der Waals surface area contributed by atoms with Gasteiger partial charge in [0.2, 0.25) is 5.91 Å². The van der Waals surface area contributed by atoms with Gasteiger partial charge >= 0.3 is 0 Å². The van der Waals surface area contributed by atoms with Gasteiger partial charge in [-0.2, -0.15) is 0 Å². The minimum Gasteiger partial charge on any atom is -0.488 e. The molecule has 6 nitrogen and oxygen atoms in total. The standard InChI is InChI=1S/C21H17ClN4O2/c22-18-4-5-19-17(11-18)10-15(13-28-19)3-6-20(27)25-12-16-2-1-7-24-21(16)26-9-8-23-14-26/h1-11,14H,12-13H2,(H,25,27)/b6-3+. The molecule has 3 heterocycles. The van der Waals surface area contributed by atoms with Gasteiger partial charge in [0, 0.05) is 47.4 Å². The fourth-order valence-corrected chi connectivity index (χ4v) is 3.05. The number of hydrogen-bond acceptors (Lipinski definition) is 4. The summed E-state index contributed by atoms with van der Waals surface area (Å²) < 4.78 is 7.49.